The van der Waals surface area contributed by atoms with Crippen molar-refractivity contribution in [2.75, 3.05) is 31.6 Å². The fourth-order valence-corrected chi connectivity index (χ4v) is 2.36. The SMILES string of the molecule is CCCNc1cc(C(=O)NCC2(C)CCOCC2)ccn1. The number of nitrogens with one attached hydrogen (secondary N) is 2. The van der Waals surface area contributed by atoms with Crippen LogP contribution in [-0.2, 0) is 4.74 Å². The maximum Gasteiger partial charge on any atom is 0.251 e. The Labute approximate surface area is 126 Å². The Morgan fingerprint density at radius 2 is 2.19 bits per heavy atom. The molecule has 0 aliphatic carbocycles. The quantitative estimate of drug-likeness (QED) is 0.845. The van der Waals surface area contributed by atoms with Gasteiger partial charge in [0.1, 0.15) is 5.82 Å². The summed E-state index contributed by atoms with van der Waals surface area (Å²) in [7, 11) is 0. The van der Waals surface area contributed by atoms with Crippen molar-refractivity contribution < 1.29 is 9.53 Å². The van der Waals surface area contributed by atoms with Gasteiger partial charge in [0.15, 0.2) is 0 Å². The number of anilines is 1. The first-order valence-corrected chi connectivity index (χ1v) is 7.69. The van der Waals surface area contributed by atoms with E-state index in [2.05, 4.69) is 29.5 Å². The zero-order chi connectivity index (χ0) is 15.1. The highest BCUT2D eigenvalue weighted by molar-refractivity contribution is 5.94. The van der Waals surface area contributed by atoms with Crippen LogP contribution in [0.5, 0.6) is 0 Å². The third-order valence-corrected chi connectivity index (χ3v) is 3.95. The summed E-state index contributed by atoms with van der Waals surface area (Å²) in [4.78, 5) is 16.5. The predicted octanol–water partition coefficient (Wildman–Crippen LogP) is 2.45. The van der Waals surface area contributed by atoms with Gasteiger partial charge in [0, 0.05) is 38.1 Å². The van der Waals surface area contributed by atoms with Crippen molar-refractivity contribution in [1.29, 1.82) is 0 Å². The van der Waals surface area contributed by atoms with Crippen LogP contribution in [-0.4, -0.2) is 37.2 Å². The van der Waals surface area contributed by atoms with E-state index in [0.717, 1.165) is 44.8 Å². The molecule has 5 heteroatoms. The minimum absolute atomic E-state index is 0.0373. The molecule has 1 fully saturated rings. The first kappa shape index (κ1) is 15.8. The minimum atomic E-state index is -0.0373. The van der Waals surface area contributed by atoms with Gasteiger partial charge in [-0.05, 0) is 36.8 Å². The zero-order valence-corrected chi connectivity index (χ0v) is 12.9. The number of aromatic nitrogens is 1. The normalized spacial score (nSPS) is 17.2. The Bertz CT molecular complexity index is 470. The van der Waals surface area contributed by atoms with Crippen molar-refractivity contribution in [2.24, 2.45) is 5.41 Å². The zero-order valence-electron chi connectivity index (χ0n) is 12.9. The number of hydrogen-bond acceptors (Lipinski definition) is 4. The minimum Gasteiger partial charge on any atom is -0.381 e. The summed E-state index contributed by atoms with van der Waals surface area (Å²) in [5.74, 6) is 0.714. The third-order valence-electron chi connectivity index (χ3n) is 3.95. The molecule has 0 radical (unpaired) electrons. The van der Waals surface area contributed by atoms with Crippen LogP contribution in [0.3, 0.4) is 0 Å². The molecule has 2 heterocycles. The van der Waals surface area contributed by atoms with Crippen LogP contribution in [0.25, 0.3) is 0 Å². The molecule has 1 aliphatic rings. The molecule has 1 aliphatic heterocycles. The number of amides is 1. The summed E-state index contributed by atoms with van der Waals surface area (Å²) in [5, 5.41) is 6.24. The first-order chi connectivity index (χ1) is 10.1. The van der Waals surface area contributed by atoms with Crippen LogP contribution in [0.2, 0.25) is 0 Å². The molecule has 116 valence electrons. The summed E-state index contributed by atoms with van der Waals surface area (Å²) in [6.07, 6.45) is 4.68. The van der Waals surface area contributed by atoms with Gasteiger partial charge in [0.2, 0.25) is 0 Å². The number of hydrogen-bond donors (Lipinski definition) is 2. The lowest BCUT2D eigenvalue weighted by Gasteiger charge is -2.33. The monoisotopic (exact) mass is 291 g/mol. The Hall–Kier alpha value is -1.62. The highest BCUT2D eigenvalue weighted by atomic mass is 16.5. The maximum atomic E-state index is 12.3. The highest BCUT2D eigenvalue weighted by Gasteiger charge is 2.27. The van der Waals surface area contributed by atoms with Gasteiger partial charge in [-0.2, -0.15) is 0 Å². The molecule has 0 unspecified atom stereocenters. The van der Waals surface area contributed by atoms with Crippen molar-refractivity contribution in [1.82, 2.24) is 10.3 Å². The van der Waals surface area contributed by atoms with E-state index in [-0.39, 0.29) is 11.3 Å². The van der Waals surface area contributed by atoms with Gasteiger partial charge >= 0.3 is 0 Å². The van der Waals surface area contributed by atoms with Crippen molar-refractivity contribution in [3.63, 3.8) is 0 Å². The molecule has 5 nitrogen and oxygen atoms in total. The Morgan fingerprint density at radius 3 is 2.90 bits per heavy atom. The van der Waals surface area contributed by atoms with E-state index in [1.54, 1.807) is 18.3 Å². The molecule has 1 aromatic rings. The Kier molecular flexibility index (Phi) is 5.56. The lowest BCUT2D eigenvalue weighted by Crippen LogP contribution is -2.39. The molecule has 1 saturated heterocycles. The predicted molar refractivity (Wildman–Crippen MR) is 83.5 cm³/mol. The molecule has 0 atom stereocenters. The second-order valence-corrected chi connectivity index (χ2v) is 5.96. The van der Waals surface area contributed by atoms with Gasteiger partial charge in [-0.25, -0.2) is 4.98 Å². The molecule has 0 saturated carbocycles. The van der Waals surface area contributed by atoms with Gasteiger partial charge < -0.3 is 15.4 Å². The first-order valence-electron chi connectivity index (χ1n) is 7.69. The van der Waals surface area contributed by atoms with Gasteiger partial charge in [-0.1, -0.05) is 13.8 Å². The van der Waals surface area contributed by atoms with Crippen molar-refractivity contribution in [2.45, 2.75) is 33.1 Å². The summed E-state index contributed by atoms with van der Waals surface area (Å²) in [5.41, 5.74) is 0.795. The van der Waals surface area contributed by atoms with Gasteiger partial charge in [-0.15, -0.1) is 0 Å². The smallest absolute Gasteiger partial charge is 0.251 e. The van der Waals surface area contributed by atoms with Gasteiger partial charge in [0.25, 0.3) is 5.91 Å². The van der Waals surface area contributed by atoms with Crippen LogP contribution < -0.4 is 10.6 Å². The van der Waals surface area contributed by atoms with Crippen molar-refractivity contribution >= 4 is 11.7 Å². The molecule has 21 heavy (non-hydrogen) atoms. The van der Waals surface area contributed by atoms with Crippen LogP contribution in [0.15, 0.2) is 18.3 Å². The van der Waals surface area contributed by atoms with E-state index in [4.69, 9.17) is 4.74 Å². The largest absolute Gasteiger partial charge is 0.381 e. The second-order valence-electron chi connectivity index (χ2n) is 5.96. The summed E-state index contributed by atoms with van der Waals surface area (Å²) >= 11 is 0. The number of rotatable bonds is 6. The number of carbonyl (C=O) groups is 1. The van der Waals surface area contributed by atoms with Gasteiger partial charge in [-0.3, -0.25) is 4.79 Å². The number of carbonyl (C=O) groups excluding carboxylic acids is 1. The maximum absolute atomic E-state index is 12.3. The summed E-state index contributed by atoms with van der Waals surface area (Å²) in [6.45, 7) is 7.42. The molecular weight excluding hydrogens is 266 g/mol. The van der Waals surface area contributed by atoms with Crippen LogP contribution in [0.1, 0.15) is 43.5 Å². The molecule has 2 rings (SSSR count). The van der Waals surface area contributed by atoms with E-state index in [9.17, 15) is 4.79 Å². The molecule has 0 spiro atoms. The third kappa shape index (κ3) is 4.70. The number of pyridine rings is 1. The Morgan fingerprint density at radius 1 is 1.43 bits per heavy atom. The molecule has 1 aromatic heterocycles. The second kappa shape index (κ2) is 7.41. The van der Waals surface area contributed by atoms with E-state index in [1.165, 1.54) is 0 Å². The lowest BCUT2D eigenvalue weighted by molar-refractivity contribution is 0.0238. The summed E-state index contributed by atoms with van der Waals surface area (Å²) < 4.78 is 5.38. The van der Waals surface area contributed by atoms with Crippen LogP contribution in [0.4, 0.5) is 5.82 Å². The highest BCUT2D eigenvalue weighted by Crippen LogP contribution is 2.28. The van der Waals surface area contributed by atoms with Crippen LogP contribution >= 0.6 is 0 Å². The van der Waals surface area contributed by atoms with Crippen LogP contribution in [0, 0.1) is 5.41 Å². The lowest BCUT2D eigenvalue weighted by atomic mass is 9.82. The number of nitrogens with zero attached hydrogens (tertiary/aromatic N) is 1. The molecular formula is C16H25N3O2. The van der Waals surface area contributed by atoms with E-state index in [0.29, 0.717) is 12.1 Å². The van der Waals surface area contributed by atoms with E-state index in [1.807, 2.05) is 0 Å². The fraction of sp³-hybridized carbons (Fsp3) is 0.625. The average molecular weight is 291 g/mol. The van der Waals surface area contributed by atoms with Crippen molar-refractivity contribution in [3.05, 3.63) is 23.9 Å². The topological polar surface area (TPSA) is 63.2 Å². The fourth-order valence-electron chi connectivity index (χ4n) is 2.36. The van der Waals surface area contributed by atoms with E-state index >= 15 is 0 Å². The molecule has 0 aromatic carbocycles. The number of ether oxygens (including phenoxy) is 1. The summed E-state index contributed by atoms with van der Waals surface area (Å²) in [6, 6.07) is 3.55. The standard InChI is InChI=1S/C16H25N3O2/c1-3-7-17-14-11-13(4-8-18-14)15(20)19-12-16(2)5-9-21-10-6-16/h4,8,11H,3,5-7,9-10,12H2,1-2H3,(H,17,18)(H,19,20). The van der Waals surface area contributed by atoms with Crippen molar-refractivity contribution in [3.8, 4) is 0 Å². The van der Waals surface area contributed by atoms with E-state index < -0.39 is 0 Å². The molecule has 0 bridgehead atoms. The molecule has 2 N–H and O–H groups in total. The molecule has 1 amide bonds. The average Bonchev–Trinajstić information content (AvgIpc) is 2.52. The Balaban J connectivity index is 1.90. The van der Waals surface area contributed by atoms with Gasteiger partial charge in [0.05, 0.1) is 0 Å².